The van der Waals surface area contributed by atoms with Crippen LogP contribution in [0.4, 0.5) is 0 Å². The van der Waals surface area contributed by atoms with E-state index in [4.69, 9.17) is 0 Å². The van der Waals surface area contributed by atoms with Crippen LogP contribution in [0.1, 0.15) is 53.6 Å². The fourth-order valence-corrected chi connectivity index (χ4v) is 7.16. The predicted molar refractivity (Wildman–Crippen MR) is 88.1 cm³/mol. The highest BCUT2D eigenvalue weighted by Crippen LogP contribution is 2.61. The van der Waals surface area contributed by atoms with Gasteiger partial charge in [0, 0.05) is 4.83 Å². The van der Waals surface area contributed by atoms with Crippen LogP contribution >= 0.6 is 15.9 Å². The van der Waals surface area contributed by atoms with Crippen LogP contribution in [0.15, 0.2) is 18.2 Å². The summed E-state index contributed by atoms with van der Waals surface area (Å²) in [5.41, 5.74) is 4.41. The quantitative estimate of drug-likeness (QED) is 0.599. The van der Waals surface area contributed by atoms with Gasteiger partial charge in [0.1, 0.15) is 0 Å². The summed E-state index contributed by atoms with van der Waals surface area (Å²) in [4.78, 5) is 0.582. The van der Waals surface area contributed by atoms with Gasteiger partial charge in [-0.1, -0.05) is 39.7 Å². The lowest BCUT2D eigenvalue weighted by atomic mass is 9.51. The molecule has 1 atom stereocenters. The van der Waals surface area contributed by atoms with E-state index in [2.05, 4.69) is 48.0 Å². The molecular weight excluding hydrogens is 308 g/mol. The first-order chi connectivity index (χ1) is 9.61. The fraction of sp³-hybridized carbons (Fsp3) is 0.684. The minimum atomic E-state index is 0.582. The normalized spacial score (nSPS) is 40.0. The number of benzene rings is 1. The van der Waals surface area contributed by atoms with Crippen molar-refractivity contribution in [2.75, 3.05) is 0 Å². The van der Waals surface area contributed by atoms with Crippen molar-refractivity contribution >= 4 is 15.9 Å². The summed E-state index contributed by atoms with van der Waals surface area (Å²) in [6, 6.07) is 7.00. The molecule has 0 N–H and O–H groups in total. The Morgan fingerprint density at radius 3 is 2.10 bits per heavy atom. The summed E-state index contributed by atoms with van der Waals surface area (Å²) in [6.07, 6.45) is 7.63. The third kappa shape index (κ3) is 2.08. The Labute approximate surface area is 131 Å². The second-order valence-electron chi connectivity index (χ2n) is 7.77. The molecule has 1 heteroatoms. The number of halogens is 1. The lowest BCUT2D eigenvalue weighted by Gasteiger charge is -2.56. The highest BCUT2D eigenvalue weighted by atomic mass is 79.9. The minimum absolute atomic E-state index is 0.582. The molecule has 4 bridgehead atoms. The number of rotatable bonds is 2. The summed E-state index contributed by atoms with van der Waals surface area (Å²) >= 11 is 4.11. The molecule has 5 rings (SSSR count). The van der Waals surface area contributed by atoms with Crippen LogP contribution in [-0.4, -0.2) is 0 Å². The molecule has 0 aromatic heterocycles. The van der Waals surface area contributed by atoms with Gasteiger partial charge >= 0.3 is 0 Å². The molecule has 0 saturated heterocycles. The van der Waals surface area contributed by atoms with Crippen LogP contribution in [0.5, 0.6) is 0 Å². The van der Waals surface area contributed by atoms with Crippen molar-refractivity contribution in [3.63, 3.8) is 0 Å². The Hall–Kier alpha value is -0.300. The Balaban J connectivity index is 1.63. The van der Waals surface area contributed by atoms with Gasteiger partial charge in [0.2, 0.25) is 0 Å². The number of hydrogen-bond donors (Lipinski definition) is 0. The Bertz CT molecular complexity index is 490. The predicted octanol–water partition coefficient (Wildman–Crippen LogP) is 5.81. The molecule has 1 aromatic rings. The van der Waals surface area contributed by atoms with Gasteiger partial charge in [0.25, 0.3) is 0 Å². The SMILES string of the molecule is Cc1ccc(C(Br)C2C3CC4CC(C3)CC2C4)c(C)c1. The van der Waals surface area contributed by atoms with Gasteiger partial charge in [-0.2, -0.15) is 0 Å². The van der Waals surface area contributed by atoms with E-state index in [0.717, 1.165) is 29.6 Å². The molecule has 4 aliphatic rings. The average Bonchev–Trinajstić information content (AvgIpc) is 2.37. The smallest absolute Gasteiger partial charge is 0.0431 e. The highest BCUT2D eigenvalue weighted by Gasteiger charge is 2.50. The summed E-state index contributed by atoms with van der Waals surface area (Å²) in [7, 11) is 0. The zero-order chi connectivity index (χ0) is 13.9. The van der Waals surface area contributed by atoms with Crippen LogP contribution in [0.2, 0.25) is 0 Å². The van der Waals surface area contributed by atoms with E-state index in [9.17, 15) is 0 Å². The van der Waals surface area contributed by atoms with Crippen molar-refractivity contribution in [2.24, 2.45) is 29.6 Å². The van der Waals surface area contributed by atoms with Crippen LogP contribution in [0, 0.1) is 43.4 Å². The molecule has 0 aliphatic heterocycles. The average molecular weight is 333 g/mol. The molecule has 0 spiro atoms. The van der Waals surface area contributed by atoms with Crippen molar-refractivity contribution < 1.29 is 0 Å². The number of hydrogen-bond acceptors (Lipinski definition) is 0. The fourth-order valence-electron chi connectivity index (χ4n) is 5.79. The largest absolute Gasteiger partial charge is 0.0835 e. The van der Waals surface area contributed by atoms with Crippen LogP contribution in [-0.2, 0) is 0 Å². The standard InChI is InChI=1S/C19H25Br/c1-11-3-4-17(12(2)5-11)19(20)18-15-7-13-6-14(9-15)10-16(18)8-13/h3-5,13-16,18-19H,6-10H2,1-2H3. The second kappa shape index (κ2) is 4.87. The molecule has 1 unspecified atom stereocenters. The van der Waals surface area contributed by atoms with E-state index in [-0.39, 0.29) is 0 Å². The number of alkyl halides is 1. The summed E-state index contributed by atoms with van der Waals surface area (Å²) in [6.45, 7) is 4.48. The molecule has 1 aromatic carbocycles. The van der Waals surface area contributed by atoms with Crippen molar-refractivity contribution in [1.29, 1.82) is 0 Å². The molecule has 20 heavy (non-hydrogen) atoms. The molecule has 4 aliphatic carbocycles. The molecule has 0 amide bonds. The molecule has 0 nitrogen and oxygen atoms in total. The Morgan fingerprint density at radius 1 is 0.950 bits per heavy atom. The lowest BCUT2D eigenvalue weighted by Crippen LogP contribution is -2.46. The van der Waals surface area contributed by atoms with Crippen LogP contribution in [0.25, 0.3) is 0 Å². The number of aryl methyl sites for hydroxylation is 2. The topological polar surface area (TPSA) is 0 Å². The van der Waals surface area contributed by atoms with E-state index in [1.165, 1.54) is 36.8 Å². The van der Waals surface area contributed by atoms with Crippen molar-refractivity contribution in [3.05, 3.63) is 34.9 Å². The van der Waals surface area contributed by atoms with Gasteiger partial charge in [-0.3, -0.25) is 0 Å². The van der Waals surface area contributed by atoms with Gasteiger partial charge in [0.15, 0.2) is 0 Å². The van der Waals surface area contributed by atoms with Crippen molar-refractivity contribution in [3.8, 4) is 0 Å². The zero-order valence-corrected chi connectivity index (χ0v) is 14.2. The second-order valence-corrected chi connectivity index (χ2v) is 8.76. The van der Waals surface area contributed by atoms with Gasteiger partial charge in [-0.25, -0.2) is 0 Å². The zero-order valence-electron chi connectivity index (χ0n) is 12.6. The molecule has 0 heterocycles. The molecule has 4 fully saturated rings. The maximum absolute atomic E-state index is 4.11. The highest BCUT2D eigenvalue weighted by molar-refractivity contribution is 9.09. The van der Waals surface area contributed by atoms with E-state index in [1.54, 1.807) is 12.0 Å². The summed E-state index contributed by atoms with van der Waals surface area (Å²) in [5, 5.41) is 0. The third-order valence-corrected chi connectivity index (χ3v) is 7.46. The third-order valence-electron chi connectivity index (χ3n) is 6.36. The molecular formula is C19H25Br. The molecule has 4 saturated carbocycles. The first kappa shape index (κ1) is 13.4. The van der Waals surface area contributed by atoms with Crippen LogP contribution in [0.3, 0.4) is 0 Å². The van der Waals surface area contributed by atoms with Crippen molar-refractivity contribution in [2.45, 2.75) is 50.8 Å². The minimum Gasteiger partial charge on any atom is -0.0835 e. The van der Waals surface area contributed by atoms with Gasteiger partial charge in [-0.15, -0.1) is 0 Å². The Morgan fingerprint density at radius 2 is 1.55 bits per heavy atom. The molecule has 108 valence electrons. The van der Waals surface area contributed by atoms with E-state index >= 15 is 0 Å². The van der Waals surface area contributed by atoms with Gasteiger partial charge in [0.05, 0.1) is 0 Å². The van der Waals surface area contributed by atoms with Crippen molar-refractivity contribution in [1.82, 2.24) is 0 Å². The van der Waals surface area contributed by atoms with E-state index in [1.807, 2.05) is 0 Å². The summed E-state index contributed by atoms with van der Waals surface area (Å²) < 4.78 is 0. The maximum atomic E-state index is 4.11. The van der Waals surface area contributed by atoms with Gasteiger partial charge < -0.3 is 0 Å². The first-order valence-corrected chi connectivity index (χ1v) is 9.24. The maximum Gasteiger partial charge on any atom is 0.0431 e. The van der Waals surface area contributed by atoms with Gasteiger partial charge in [-0.05, 0) is 86.7 Å². The van der Waals surface area contributed by atoms with Crippen LogP contribution < -0.4 is 0 Å². The van der Waals surface area contributed by atoms with E-state index in [0.29, 0.717) is 4.83 Å². The Kier molecular flexibility index (Phi) is 3.25. The first-order valence-electron chi connectivity index (χ1n) is 8.33. The summed E-state index contributed by atoms with van der Waals surface area (Å²) in [5.74, 6) is 5.04. The lowest BCUT2D eigenvalue weighted by molar-refractivity contribution is -0.0365. The molecule has 0 radical (unpaired) electrons. The monoisotopic (exact) mass is 332 g/mol. The van der Waals surface area contributed by atoms with E-state index < -0.39 is 0 Å².